The summed E-state index contributed by atoms with van der Waals surface area (Å²) in [6.07, 6.45) is 2.08. The van der Waals surface area contributed by atoms with Gasteiger partial charge >= 0.3 is 5.97 Å². The summed E-state index contributed by atoms with van der Waals surface area (Å²) < 4.78 is 32.3. The van der Waals surface area contributed by atoms with Gasteiger partial charge in [0.05, 0.1) is 38.3 Å². The van der Waals surface area contributed by atoms with Gasteiger partial charge in [-0.05, 0) is 66.7 Å². The van der Waals surface area contributed by atoms with Crippen LogP contribution >= 0.6 is 0 Å². The first-order valence-electron chi connectivity index (χ1n) is 16.8. The summed E-state index contributed by atoms with van der Waals surface area (Å²) in [5.74, 6) is -2.77. The average Bonchev–Trinajstić information content (AvgIpc) is 3.32. The standard InChI is InChI=1S/C37H46O9/c1-21(2)35-17-23(4)37-27(33(35)44-36(45-35,46-37)19-24-9-7-6-8-10-24)14-26(18-34(41)30(37)13-22(3)32(34)40)20-43-31(39)16-25-11-12-28(38)29(15-25)42-5/h6-12,15,21-23,26-27,30,33,38,41H,13-14,16-20H2,1-5H3/t22-,23+,26+,27-,30+,33+,34+,35+,36+,37+/m0/s1. The molecular weight excluding hydrogens is 588 g/mol. The smallest absolute Gasteiger partial charge is 0.310 e. The molecule has 0 aromatic heterocycles. The highest BCUT2D eigenvalue weighted by molar-refractivity contribution is 5.92. The van der Waals surface area contributed by atoms with E-state index >= 15 is 0 Å². The van der Waals surface area contributed by atoms with Crippen LogP contribution in [-0.4, -0.2) is 64.6 Å². The number of rotatable bonds is 8. The highest BCUT2D eigenvalue weighted by Gasteiger charge is 2.80. The van der Waals surface area contributed by atoms with Crippen LogP contribution in [0, 0.1) is 35.5 Å². The van der Waals surface area contributed by atoms with Gasteiger partial charge in [0.25, 0.3) is 5.97 Å². The van der Waals surface area contributed by atoms with Gasteiger partial charge in [-0.15, -0.1) is 0 Å². The van der Waals surface area contributed by atoms with Gasteiger partial charge in [0.2, 0.25) is 0 Å². The number of benzene rings is 2. The summed E-state index contributed by atoms with van der Waals surface area (Å²) in [5.41, 5.74) is -1.40. The van der Waals surface area contributed by atoms with E-state index in [9.17, 15) is 19.8 Å². The summed E-state index contributed by atoms with van der Waals surface area (Å²) in [7, 11) is 1.45. The number of fused-ring (bicyclic) bond motifs is 2. The van der Waals surface area contributed by atoms with Crippen molar-refractivity contribution in [3.05, 3.63) is 59.7 Å². The monoisotopic (exact) mass is 634 g/mol. The molecule has 5 fully saturated rings. The number of ether oxygens (including phenoxy) is 5. The molecule has 10 atom stereocenters. The third-order valence-electron chi connectivity index (χ3n) is 11.9. The number of Topliss-reactive ketones (excluding diaryl/α,β-unsaturated/α-hetero) is 1. The summed E-state index contributed by atoms with van der Waals surface area (Å²) in [6, 6.07) is 14.8. The van der Waals surface area contributed by atoms with Crippen molar-refractivity contribution in [3.63, 3.8) is 0 Å². The Balaban J connectivity index is 1.23. The Labute approximate surface area is 270 Å². The number of esters is 1. The second-order valence-electron chi connectivity index (χ2n) is 14.9. The number of phenolic OH excluding ortho intramolecular Hbond substituents is 1. The molecule has 248 valence electrons. The fourth-order valence-corrected chi connectivity index (χ4v) is 9.92. The quantitative estimate of drug-likeness (QED) is 0.387. The van der Waals surface area contributed by atoms with Gasteiger partial charge in [0.15, 0.2) is 17.3 Å². The maximum absolute atomic E-state index is 13.9. The van der Waals surface area contributed by atoms with Gasteiger partial charge in [0, 0.05) is 17.8 Å². The molecule has 7 rings (SSSR count). The molecule has 9 nitrogen and oxygen atoms in total. The third-order valence-corrected chi connectivity index (χ3v) is 11.9. The molecule has 2 aliphatic heterocycles. The molecule has 0 unspecified atom stereocenters. The Kier molecular flexibility index (Phi) is 7.59. The topological polar surface area (TPSA) is 121 Å². The van der Waals surface area contributed by atoms with Crippen molar-refractivity contribution in [2.75, 3.05) is 13.7 Å². The van der Waals surface area contributed by atoms with Crippen LogP contribution in [0.1, 0.15) is 64.5 Å². The first-order valence-corrected chi connectivity index (χ1v) is 16.8. The number of hydrogen-bond donors (Lipinski definition) is 2. The van der Waals surface area contributed by atoms with Crippen molar-refractivity contribution in [1.82, 2.24) is 0 Å². The fraction of sp³-hybridized carbons (Fsp3) is 0.622. The van der Waals surface area contributed by atoms with Crippen molar-refractivity contribution >= 4 is 11.8 Å². The lowest BCUT2D eigenvalue weighted by molar-refractivity contribution is -0.428. The van der Waals surface area contributed by atoms with Crippen LogP contribution in [0.4, 0.5) is 0 Å². The first-order chi connectivity index (χ1) is 21.9. The minimum atomic E-state index is -1.62. The van der Waals surface area contributed by atoms with Crippen LogP contribution in [0.3, 0.4) is 0 Å². The van der Waals surface area contributed by atoms with Crippen LogP contribution in [0.2, 0.25) is 0 Å². The first kappa shape index (κ1) is 31.6. The van der Waals surface area contributed by atoms with E-state index in [1.54, 1.807) is 12.1 Å². The molecule has 0 spiro atoms. The number of ketones is 1. The third kappa shape index (κ3) is 4.64. The van der Waals surface area contributed by atoms with E-state index in [0.717, 1.165) is 5.56 Å². The molecule has 3 bridgehead atoms. The zero-order valence-corrected chi connectivity index (χ0v) is 27.4. The lowest BCUT2D eigenvalue weighted by Crippen LogP contribution is -2.71. The maximum atomic E-state index is 13.9. The number of methoxy groups -OCH3 is 1. The van der Waals surface area contributed by atoms with Crippen molar-refractivity contribution < 1.29 is 43.5 Å². The molecule has 9 heteroatoms. The van der Waals surface area contributed by atoms with E-state index < -0.39 is 34.7 Å². The van der Waals surface area contributed by atoms with Gasteiger partial charge in [-0.3, -0.25) is 9.59 Å². The molecule has 2 aromatic rings. The molecule has 0 radical (unpaired) electrons. The van der Waals surface area contributed by atoms with Gasteiger partial charge < -0.3 is 33.9 Å². The summed E-state index contributed by atoms with van der Waals surface area (Å²) in [6.45, 7) is 8.49. The molecule has 0 amide bonds. The van der Waals surface area contributed by atoms with E-state index in [4.69, 9.17) is 23.7 Å². The fourth-order valence-electron chi connectivity index (χ4n) is 9.92. The maximum Gasteiger partial charge on any atom is 0.310 e. The minimum absolute atomic E-state index is 0.00221. The van der Waals surface area contributed by atoms with Crippen LogP contribution in [0.5, 0.6) is 11.5 Å². The van der Waals surface area contributed by atoms with E-state index in [1.807, 2.05) is 37.3 Å². The van der Waals surface area contributed by atoms with Crippen molar-refractivity contribution in [1.29, 1.82) is 0 Å². The van der Waals surface area contributed by atoms with Crippen molar-refractivity contribution in [3.8, 4) is 11.5 Å². The molecule has 3 aliphatic carbocycles. The van der Waals surface area contributed by atoms with Gasteiger partial charge in [-0.2, -0.15) is 0 Å². The van der Waals surface area contributed by atoms with Crippen molar-refractivity contribution in [2.45, 2.75) is 95.1 Å². The van der Waals surface area contributed by atoms with E-state index in [0.29, 0.717) is 31.2 Å². The minimum Gasteiger partial charge on any atom is -0.504 e. The van der Waals surface area contributed by atoms with E-state index in [1.165, 1.54) is 13.2 Å². The van der Waals surface area contributed by atoms with Gasteiger partial charge in [-0.25, -0.2) is 0 Å². The molecule has 2 N–H and O–H groups in total. The number of phenols is 1. The predicted octanol–water partition coefficient (Wildman–Crippen LogP) is 4.98. The van der Waals surface area contributed by atoms with Crippen LogP contribution in [0.15, 0.2) is 48.5 Å². The SMILES string of the molecule is COc1cc(CC(=O)OC[C@@H]2C[C@H]3[C@H]4O[C@@]5(Cc6ccccc6)O[C@@]3([C@H](C)C[C@]4(C(C)C)O5)[C@@H]3C[C@H](C)C(=O)[C@@]3(O)C2)ccc1O. The molecule has 2 saturated heterocycles. The number of carbonyl (C=O) groups excluding carboxylic acids is 2. The Morgan fingerprint density at radius 3 is 2.52 bits per heavy atom. The molecular formula is C37H46O9. The predicted molar refractivity (Wildman–Crippen MR) is 167 cm³/mol. The van der Waals surface area contributed by atoms with Gasteiger partial charge in [-0.1, -0.05) is 64.1 Å². The van der Waals surface area contributed by atoms with Crippen LogP contribution in [0.25, 0.3) is 0 Å². The highest BCUT2D eigenvalue weighted by Crippen LogP contribution is 2.70. The second-order valence-corrected chi connectivity index (χ2v) is 14.9. The number of hydrogen-bond acceptors (Lipinski definition) is 9. The second kappa shape index (κ2) is 11.0. The normalized spacial score (nSPS) is 40.8. The summed E-state index contributed by atoms with van der Waals surface area (Å²) in [4.78, 5) is 27.0. The van der Waals surface area contributed by atoms with Crippen molar-refractivity contribution in [2.24, 2.45) is 35.5 Å². The number of carbonyl (C=O) groups is 2. The Bertz CT molecular complexity index is 1510. The molecule has 2 aromatic carbocycles. The highest BCUT2D eigenvalue weighted by atomic mass is 16.9. The molecule has 46 heavy (non-hydrogen) atoms. The number of aliphatic hydroxyl groups is 1. The van der Waals surface area contributed by atoms with Gasteiger partial charge in [0.1, 0.15) is 11.2 Å². The van der Waals surface area contributed by atoms with E-state index in [-0.39, 0.29) is 72.4 Å². The summed E-state index contributed by atoms with van der Waals surface area (Å²) in [5, 5.41) is 22.4. The molecule has 3 saturated carbocycles. The zero-order valence-electron chi connectivity index (χ0n) is 27.4. The van der Waals surface area contributed by atoms with Crippen LogP contribution in [-0.2, 0) is 41.4 Å². The lowest BCUT2D eigenvalue weighted by atomic mass is 9.53. The molecule has 2 heterocycles. The Hall–Kier alpha value is -2.98. The largest absolute Gasteiger partial charge is 0.504 e. The van der Waals surface area contributed by atoms with Crippen LogP contribution < -0.4 is 4.74 Å². The Morgan fingerprint density at radius 1 is 1.04 bits per heavy atom. The lowest BCUT2D eigenvalue weighted by Gasteiger charge is -2.60. The zero-order chi connectivity index (χ0) is 32.6. The molecule has 5 aliphatic rings. The summed E-state index contributed by atoms with van der Waals surface area (Å²) >= 11 is 0. The average molecular weight is 635 g/mol. The van der Waals surface area contributed by atoms with E-state index in [2.05, 4.69) is 20.8 Å². The Morgan fingerprint density at radius 2 is 1.80 bits per heavy atom. The number of aromatic hydroxyl groups is 1.